The number of ether oxygens (including phenoxy) is 1. The molecule has 0 radical (unpaired) electrons. The van der Waals surface area contributed by atoms with Gasteiger partial charge in [0, 0.05) is 48.2 Å². The molecule has 2 N–H and O–H groups in total. The number of alkyl halides is 3. The summed E-state index contributed by atoms with van der Waals surface area (Å²) in [5.41, 5.74) is 4.88. The van der Waals surface area contributed by atoms with Crippen LogP contribution in [0.4, 0.5) is 13.2 Å². The maximum Gasteiger partial charge on any atom is 0.490 e. The number of aliphatic carboxylic acids is 1. The van der Waals surface area contributed by atoms with Gasteiger partial charge < -0.3 is 14.9 Å². The second kappa shape index (κ2) is 13.6. The maximum absolute atomic E-state index is 12.0. The van der Waals surface area contributed by atoms with E-state index < -0.39 is 18.1 Å². The van der Waals surface area contributed by atoms with Gasteiger partial charge in [0.2, 0.25) is 0 Å². The lowest BCUT2D eigenvalue weighted by Gasteiger charge is -2.20. The van der Waals surface area contributed by atoms with E-state index in [0.717, 1.165) is 45.7 Å². The van der Waals surface area contributed by atoms with Crippen molar-refractivity contribution in [1.82, 2.24) is 29.7 Å². The molecule has 1 saturated carbocycles. The predicted molar refractivity (Wildman–Crippen MR) is 156 cm³/mol. The average Bonchev–Trinajstić information content (AvgIpc) is 3.38. The Hall–Kier alpha value is -4.24. The minimum atomic E-state index is -5.08. The fourth-order valence-electron chi connectivity index (χ4n) is 4.86. The third kappa shape index (κ3) is 8.02. The summed E-state index contributed by atoms with van der Waals surface area (Å²) >= 11 is 3.56. The van der Waals surface area contributed by atoms with Crippen LogP contribution in [-0.2, 0) is 24.9 Å². The second-order valence-corrected chi connectivity index (χ2v) is 11.2. The van der Waals surface area contributed by atoms with Crippen molar-refractivity contribution < 1.29 is 37.7 Å². The SMILES string of the molecule is CCOc1ccc(Br)cc1CN(C)Cc1cccc(-n2ncc(C(=O)O)c2[C@@H]2C[C@H]2c2cn(C)nn2)c1.O=C(O)C(F)(F)F. The van der Waals surface area contributed by atoms with Crippen LogP contribution in [0.2, 0.25) is 0 Å². The number of hydrogen-bond acceptors (Lipinski definition) is 7. The minimum Gasteiger partial charge on any atom is -0.494 e. The van der Waals surface area contributed by atoms with Gasteiger partial charge in [-0.25, -0.2) is 14.3 Å². The highest BCUT2D eigenvalue weighted by Gasteiger charge is 2.46. The van der Waals surface area contributed by atoms with Crippen LogP contribution >= 0.6 is 15.9 Å². The molecular weight excluding hydrogens is 649 g/mol. The predicted octanol–water partition coefficient (Wildman–Crippen LogP) is 5.40. The van der Waals surface area contributed by atoms with E-state index in [9.17, 15) is 23.1 Å². The number of hydrogen-bond donors (Lipinski definition) is 2. The van der Waals surface area contributed by atoms with Crippen LogP contribution < -0.4 is 4.74 Å². The molecular formula is C29H30BrF3N6O5. The average molecular weight is 679 g/mol. The first-order chi connectivity index (χ1) is 20.8. The zero-order valence-electron chi connectivity index (χ0n) is 24.0. The fourth-order valence-corrected chi connectivity index (χ4v) is 5.27. The summed E-state index contributed by atoms with van der Waals surface area (Å²) in [6.07, 6.45) is -0.919. The standard InChI is InChI=1S/C27H29BrN6O3.C2HF3O2/c1-4-37-25-9-8-19(28)11-18(25)15-32(2)14-17-6-5-7-20(10-17)34-26(23(13-29-34)27(35)36)22-12-21(22)24-16-33(3)31-30-24;3-2(4,5)1(6)7/h5-11,13,16,21-22H,4,12,14-15H2,1-3H3,(H,35,36);(H,6,7)/t21-,22-;/m1./s1. The van der Waals surface area contributed by atoms with Gasteiger partial charge in [-0.1, -0.05) is 33.3 Å². The first kappa shape index (κ1) is 32.7. The van der Waals surface area contributed by atoms with E-state index in [4.69, 9.17) is 14.6 Å². The molecule has 0 amide bonds. The first-order valence-corrected chi connectivity index (χ1v) is 14.2. The van der Waals surface area contributed by atoms with E-state index >= 15 is 0 Å². The Bertz CT molecular complexity index is 1640. The van der Waals surface area contributed by atoms with Crippen LogP contribution in [0, 0.1) is 0 Å². The van der Waals surface area contributed by atoms with E-state index in [1.807, 2.05) is 44.4 Å². The molecule has 0 spiro atoms. The van der Waals surface area contributed by atoms with Crippen molar-refractivity contribution in [3.63, 3.8) is 0 Å². The normalized spacial score (nSPS) is 15.9. The highest BCUT2D eigenvalue weighted by Crippen LogP contribution is 2.55. The molecule has 234 valence electrons. The number of nitrogens with zero attached hydrogens (tertiary/aromatic N) is 6. The molecule has 15 heteroatoms. The Morgan fingerprint density at radius 3 is 2.48 bits per heavy atom. The van der Waals surface area contributed by atoms with Gasteiger partial charge >= 0.3 is 18.1 Å². The van der Waals surface area contributed by atoms with Crippen LogP contribution in [0.3, 0.4) is 0 Å². The number of aryl methyl sites for hydroxylation is 1. The summed E-state index contributed by atoms with van der Waals surface area (Å²) in [5, 5.41) is 29.7. The molecule has 44 heavy (non-hydrogen) atoms. The van der Waals surface area contributed by atoms with E-state index in [0.29, 0.717) is 18.8 Å². The topological polar surface area (TPSA) is 136 Å². The van der Waals surface area contributed by atoms with E-state index in [1.54, 1.807) is 9.36 Å². The molecule has 2 aromatic heterocycles. The number of aromatic carboxylic acids is 1. The lowest BCUT2D eigenvalue weighted by molar-refractivity contribution is -0.192. The largest absolute Gasteiger partial charge is 0.494 e. The van der Waals surface area contributed by atoms with Crippen molar-refractivity contribution in [2.75, 3.05) is 13.7 Å². The maximum atomic E-state index is 12.0. The summed E-state index contributed by atoms with van der Waals surface area (Å²) in [5.74, 6) is -2.67. The first-order valence-electron chi connectivity index (χ1n) is 13.4. The van der Waals surface area contributed by atoms with Crippen LogP contribution in [0.1, 0.15) is 58.1 Å². The zero-order chi connectivity index (χ0) is 32.2. The quantitative estimate of drug-likeness (QED) is 0.226. The Kier molecular flexibility index (Phi) is 10.1. The molecule has 4 aromatic rings. The summed E-state index contributed by atoms with van der Waals surface area (Å²) in [4.78, 5) is 23.1. The molecule has 2 aromatic carbocycles. The number of carboxylic acid groups (broad SMARTS) is 2. The summed E-state index contributed by atoms with van der Waals surface area (Å²) in [7, 11) is 3.90. The molecule has 0 saturated heterocycles. The number of aromatic nitrogens is 5. The highest BCUT2D eigenvalue weighted by molar-refractivity contribution is 9.10. The lowest BCUT2D eigenvalue weighted by Crippen LogP contribution is -2.21. The van der Waals surface area contributed by atoms with Crippen molar-refractivity contribution >= 4 is 27.9 Å². The highest BCUT2D eigenvalue weighted by atomic mass is 79.9. The van der Waals surface area contributed by atoms with Crippen LogP contribution in [0.15, 0.2) is 59.3 Å². The molecule has 5 rings (SSSR count). The monoisotopic (exact) mass is 678 g/mol. The van der Waals surface area contributed by atoms with Crippen molar-refractivity contribution in [2.45, 2.75) is 44.4 Å². The summed E-state index contributed by atoms with van der Waals surface area (Å²) in [6, 6.07) is 14.2. The Balaban J connectivity index is 0.000000566. The van der Waals surface area contributed by atoms with Crippen LogP contribution in [0.25, 0.3) is 5.69 Å². The third-order valence-electron chi connectivity index (χ3n) is 6.79. The summed E-state index contributed by atoms with van der Waals surface area (Å²) < 4.78 is 42.0. The van der Waals surface area contributed by atoms with Gasteiger partial charge in [0.05, 0.1) is 29.9 Å². The van der Waals surface area contributed by atoms with Crippen LogP contribution in [-0.4, -0.2) is 71.7 Å². The number of carbonyl (C=O) groups is 2. The fraction of sp³-hybridized carbons (Fsp3) is 0.345. The van der Waals surface area contributed by atoms with Gasteiger partial charge in [0.1, 0.15) is 11.3 Å². The second-order valence-electron chi connectivity index (χ2n) is 10.3. The molecule has 2 heterocycles. The molecule has 1 aliphatic carbocycles. The minimum absolute atomic E-state index is 0.0325. The van der Waals surface area contributed by atoms with Crippen molar-refractivity contribution in [1.29, 1.82) is 0 Å². The van der Waals surface area contributed by atoms with Crippen molar-refractivity contribution in [3.8, 4) is 11.4 Å². The number of benzene rings is 2. The Labute approximate surface area is 259 Å². The zero-order valence-corrected chi connectivity index (χ0v) is 25.6. The molecule has 0 unspecified atom stereocenters. The lowest BCUT2D eigenvalue weighted by atomic mass is 10.1. The van der Waals surface area contributed by atoms with E-state index in [2.05, 4.69) is 61.5 Å². The molecule has 0 bridgehead atoms. The molecule has 1 fully saturated rings. The third-order valence-corrected chi connectivity index (χ3v) is 7.28. The van der Waals surface area contributed by atoms with Gasteiger partial charge in [-0.3, -0.25) is 9.58 Å². The molecule has 0 aliphatic heterocycles. The van der Waals surface area contributed by atoms with Gasteiger partial charge in [-0.2, -0.15) is 18.3 Å². The number of carboxylic acids is 2. The molecule has 2 atom stereocenters. The molecule has 1 aliphatic rings. The van der Waals surface area contributed by atoms with Gasteiger partial charge in [0.15, 0.2) is 0 Å². The molecule has 11 nitrogen and oxygen atoms in total. The van der Waals surface area contributed by atoms with Gasteiger partial charge in [0.25, 0.3) is 0 Å². The van der Waals surface area contributed by atoms with Gasteiger partial charge in [-0.05, 0) is 56.3 Å². The number of halogens is 4. The summed E-state index contributed by atoms with van der Waals surface area (Å²) in [6.45, 7) is 4.03. The Morgan fingerprint density at radius 1 is 1.14 bits per heavy atom. The van der Waals surface area contributed by atoms with E-state index in [1.165, 1.54) is 6.20 Å². The van der Waals surface area contributed by atoms with Crippen molar-refractivity contribution in [3.05, 3.63) is 87.4 Å². The van der Waals surface area contributed by atoms with Crippen molar-refractivity contribution in [2.24, 2.45) is 7.05 Å². The van der Waals surface area contributed by atoms with E-state index in [-0.39, 0.29) is 17.4 Å². The van der Waals surface area contributed by atoms with Crippen LogP contribution in [0.5, 0.6) is 5.75 Å². The Morgan fingerprint density at radius 2 is 1.86 bits per heavy atom. The smallest absolute Gasteiger partial charge is 0.490 e. The number of rotatable bonds is 10. The van der Waals surface area contributed by atoms with Gasteiger partial charge in [-0.15, -0.1) is 5.10 Å².